The van der Waals surface area contributed by atoms with Crippen LogP contribution in [0.4, 0.5) is 0 Å². The van der Waals surface area contributed by atoms with Gasteiger partial charge < -0.3 is 15.3 Å². The Bertz CT molecular complexity index is 253. The number of rotatable bonds is 5. The van der Waals surface area contributed by atoms with Crippen molar-refractivity contribution in [1.29, 1.82) is 0 Å². The lowest BCUT2D eigenvalue weighted by Gasteiger charge is -2.48. The first kappa shape index (κ1) is 14.3. The molecular formula is C15H30N2O. The molecule has 3 heteroatoms. The Morgan fingerprint density at radius 1 is 0.889 bits per heavy atom. The molecule has 0 aromatic rings. The van der Waals surface area contributed by atoms with Crippen LogP contribution in [-0.4, -0.2) is 48.3 Å². The van der Waals surface area contributed by atoms with Gasteiger partial charge in [0.25, 0.3) is 0 Å². The molecule has 2 saturated carbocycles. The standard InChI is InChI=1S/C15H30N2O/c1-17(2)14(8-7-9-14)12-16-13-15(18)10-5-3-4-6-11-15/h16,18H,3-13H2,1-2H3. The van der Waals surface area contributed by atoms with Crippen LogP contribution in [-0.2, 0) is 0 Å². The second-order valence-electron chi connectivity index (χ2n) is 6.71. The summed E-state index contributed by atoms with van der Waals surface area (Å²) in [5.74, 6) is 0. The molecule has 2 aliphatic rings. The van der Waals surface area contributed by atoms with Crippen molar-refractivity contribution in [3.05, 3.63) is 0 Å². The lowest BCUT2D eigenvalue weighted by atomic mass is 9.75. The Kier molecular flexibility index (Phi) is 4.68. The van der Waals surface area contributed by atoms with Crippen LogP contribution < -0.4 is 5.32 Å². The summed E-state index contributed by atoms with van der Waals surface area (Å²) in [7, 11) is 4.36. The van der Waals surface area contributed by atoms with Crippen molar-refractivity contribution < 1.29 is 5.11 Å². The van der Waals surface area contributed by atoms with Gasteiger partial charge >= 0.3 is 0 Å². The van der Waals surface area contributed by atoms with E-state index in [1.165, 1.54) is 44.9 Å². The van der Waals surface area contributed by atoms with Crippen molar-refractivity contribution in [2.45, 2.75) is 68.9 Å². The van der Waals surface area contributed by atoms with E-state index in [0.29, 0.717) is 5.54 Å². The molecule has 0 radical (unpaired) electrons. The maximum Gasteiger partial charge on any atom is 0.0771 e. The molecule has 2 fully saturated rings. The lowest BCUT2D eigenvalue weighted by Crippen LogP contribution is -2.58. The summed E-state index contributed by atoms with van der Waals surface area (Å²) in [5, 5.41) is 14.2. The van der Waals surface area contributed by atoms with E-state index in [-0.39, 0.29) is 0 Å². The highest BCUT2D eigenvalue weighted by molar-refractivity contribution is 4.98. The first-order chi connectivity index (χ1) is 8.56. The van der Waals surface area contributed by atoms with E-state index in [4.69, 9.17) is 0 Å². The molecular weight excluding hydrogens is 224 g/mol. The number of nitrogens with zero attached hydrogens (tertiary/aromatic N) is 1. The average molecular weight is 254 g/mol. The zero-order valence-corrected chi connectivity index (χ0v) is 12.2. The third-order valence-electron chi connectivity index (χ3n) is 5.18. The van der Waals surface area contributed by atoms with Crippen LogP contribution in [0, 0.1) is 0 Å². The molecule has 0 aromatic heterocycles. The summed E-state index contributed by atoms with van der Waals surface area (Å²) in [5.41, 5.74) is -0.0746. The molecule has 2 rings (SSSR count). The minimum Gasteiger partial charge on any atom is -0.389 e. The van der Waals surface area contributed by atoms with E-state index < -0.39 is 5.60 Å². The average Bonchev–Trinajstić information content (AvgIpc) is 2.47. The Hall–Kier alpha value is -0.120. The Balaban J connectivity index is 1.76. The molecule has 0 saturated heterocycles. The molecule has 3 nitrogen and oxygen atoms in total. The van der Waals surface area contributed by atoms with Crippen LogP contribution in [0.3, 0.4) is 0 Å². The highest BCUT2D eigenvalue weighted by Crippen LogP contribution is 2.35. The monoisotopic (exact) mass is 254 g/mol. The summed E-state index contributed by atoms with van der Waals surface area (Å²) in [4.78, 5) is 2.36. The van der Waals surface area contributed by atoms with Crippen molar-refractivity contribution >= 4 is 0 Å². The predicted octanol–water partition coefficient (Wildman–Crippen LogP) is 2.15. The van der Waals surface area contributed by atoms with Gasteiger partial charge in [0.15, 0.2) is 0 Å². The predicted molar refractivity (Wildman–Crippen MR) is 75.8 cm³/mol. The molecule has 0 aliphatic heterocycles. The molecule has 0 bridgehead atoms. The number of hydrogen-bond donors (Lipinski definition) is 2. The summed E-state index contributed by atoms with van der Waals surface area (Å²) in [6.45, 7) is 1.81. The fourth-order valence-corrected chi connectivity index (χ4v) is 3.46. The van der Waals surface area contributed by atoms with Crippen molar-refractivity contribution in [2.75, 3.05) is 27.2 Å². The minimum atomic E-state index is -0.437. The molecule has 18 heavy (non-hydrogen) atoms. The number of likely N-dealkylation sites (N-methyl/N-ethyl adjacent to an activating group) is 1. The highest BCUT2D eigenvalue weighted by Gasteiger charge is 2.39. The zero-order valence-electron chi connectivity index (χ0n) is 12.2. The molecule has 0 heterocycles. The van der Waals surface area contributed by atoms with Gasteiger partial charge in [-0.1, -0.05) is 25.7 Å². The number of nitrogens with one attached hydrogen (secondary N) is 1. The van der Waals surface area contributed by atoms with Gasteiger partial charge in [0, 0.05) is 18.6 Å². The van der Waals surface area contributed by atoms with Crippen LogP contribution >= 0.6 is 0 Å². The van der Waals surface area contributed by atoms with E-state index in [9.17, 15) is 5.11 Å². The van der Waals surface area contributed by atoms with Crippen molar-refractivity contribution in [3.8, 4) is 0 Å². The highest BCUT2D eigenvalue weighted by atomic mass is 16.3. The largest absolute Gasteiger partial charge is 0.389 e. The molecule has 0 atom stereocenters. The van der Waals surface area contributed by atoms with E-state index >= 15 is 0 Å². The van der Waals surface area contributed by atoms with Crippen molar-refractivity contribution in [1.82, 2.24) is 10.2 Å². The topological polar surface area (TPSA) is 35.5 Å². The van der Waals surface area contributed by atoms with Crippen molar-refractivity contribution in [2.24, 2.45) is 0 Å². The number of hydrogen-bond acceptors (Lipinski definition) is 3. The molecule has 0 aromatic carbocycles. The second-order valence-corrected chi connectivity index (χ2v) is 6.71. The normalized spacial score (nSPS) is 26.7. The fraction of sp³-hybridized carbons (Fsp3) is 1.00. The SMILES string of the molecule is CN(C)C1(CNCC2(O)CCCCCC2)CCC1. The van der Waals surface area contributed by atoms with E-state index in [0.717, 1.165) is 25.9 Å². The van der Waals surface area contributed by atoms with Gasteiger partial charge in [0.2, 0.25) is 0 Å². The molecule has 0 unspecified atom stereocenters. The van der Waals surface area contributed by atoms with Gasteiger partial charge in [0.05, 0.1) is 5.60 Å². The summed E-state index contributed by atoms with van der Waals surface area (Å²) in [6, 6.07) is 0. The van der Waals surface area contributed by atoms with Gasteiger partial charge in [-0.05, 0) is 46.2 Å². The molecule has 2 aliphatic carbocycles. The van der Waals surface area contributed by atoms with Crippen LogP contribution in [0.5, 0.6) is 0 Å². The van der Waals surface area contributed by atoms with Crippen molar-refractivity contribution in [3.63, 3.8) is 0 Å². The van der Waals surface area contributed by atoms with E-state index in [2.05, 4.69) is 24.3 Å². The van der Waals surface area contributed by atoms with Crippen LogP contribution in [0.2, 0.25) is 0 Å². The van der Waals surface area contributed by atoms with E-state index in [1.807, 2.05) is 0 Å². The Morgan fingerprint density at radius 3 is 1.94 bits per heavy atom. The minimum absolute atomic E-state index is 0.362. The summed E-state index contributed by atoms with van der Waals surface area (Å²) < 4.78 is 0. The van der Waals surface area contributed by atoms with Gasteiger partial charge in [-0.25, -0.2) is 0 Å². The van der Waals surface area contributed by atoms with Crippen LogP contribution in [0.25, 0.3) is 0 Å². The summed E-state index contributed by atoms with van der Waals surface area (Å²) in [6.07, 6.45) is 10.9. The third kappa shape index (κ3) is 3.25. The second kappa shape index (κ2) is 5.89. The van der Waals surface area contributed by atoms with Gasteiger partial charge in [0.1, 0.15) is 0 Å². The maximum absolute atomic E-state index is 10.6. The lowest BCUT2D eigenvalue weighted by molar-refractivity contribution is 0.0123. The molecule has 0 amide bonds. The molecule has 2 N–H and O–H groups in total. The maximum atomic E-state index is 10.6. The van der Waals surface area contributed by atoms with Gasteiger partial charge in [-0.2, -0.15) is 0 Å². The third-order valence-corrected chi connectivity index (χ3v) is 5.18. The first-order valence-corrected chi connectivity index (χ1v) is 7.67. The van der Waals surface area contributed by atoms with Crippen LogP contribution in [0.1, 0.15) is 57.8 Å². The summed E-state index contributed by atoms with van der Waals surface area (Å²) >= 11 is 0. The quantitative estimate of drug-likeness (QED) is 0.738. The van der Waals surface area contributed by atoms with Gasteiger partial charge in [-0.15, -0.1) is 0 Å². The van der Waals surface area contributed by atoms with E-state index in [1.54, 1.807) is 0 Å². The first-order valence-electron chi connectivity index (χ1n) is 7.67. The fourth-order valence-electron chi connectivity index (χ4n) is 3.46. The molecule has 0 spiro atoms. The molecule has 106 valence electrons. The van der Waals surface area contributed by atoms with Crippen LogP contribution in [0.15, 0.2) is 0 Å². The number of aliphatic hydroxyl groups is 1. The Labute approximate surface area is 112 Å². The Morgan fingerprint density at radius 2 is 1.50 bits per heavy atom. The van der Waals surface area contributed by atoms with Gasteiger partial charge in [-0.3, -0.25) is 0 Å². The smallest absolute Gasteiger partial charge is 0.0771 e. The zero-order chi connectivity index (χ0) is 13.1.